The summed E-state index contributed by atoms with van der Waals surface area (Å²) in [6.45, 7) is 3.79. The second-order valence-electron chi connectivity index (χ2n) is 5.61. The molecule has 0 saturated heterocycles. The molecule has 5 nitrogen and oxygen atoms in total. The second-order valence-corrected chi connectivity index (χ2v) is 9.12. The van der Waals surface area contributed by atoms with E-state index in [2.05, 4.69) is 4.98 Å². The maximum absolute atomic E-state index is 12.4. The van der Waals surface area contributed by atoms with Gasteiger partial charge in [-0.1, -0.05) is 41.6 Å². The smallest absolute Gasteiger partial charge is 0.244 e. The molecule has 7 heteroatoms. The van der Waals surface area contributed by atoms with Crippen molar-refractivity contribution in [3.63, 3.8) is 0 Å². The molecule has 1 atom stereocenters. The maximum Gasteiger partial charge on any atom is 0.244 e. The summed E-state index contributed by atoms with van der Waals surface area (Å²) in [5.74, 6) is 0.0202. The third kappa shape index (κ3) is 4.23. The van der Waals surface area contributed by atoms with E-state index in [4.69, 9.17) is 0 Å². The molecular weight excluding hydrogens is 344 g/mol. The third-order valence-electron chi connectivity index (χ3n) is 3.49. The molecule has 0 N–H and O–H groups in total. The van der Waals surface area contributed by atoms with Crippen molar-refractivity contribution in [1.29, 1.82) is 0 Å². The van der Waals surface area contributed by atoms with Gasteiger partial charge in [-0.05, 0) is 26.0 Å². The van der Waals surface area contributed by atoms with Gasteiger partial charge in [0.1, 0.15) is 4.90 Å². The third-order valence-corrected chi connectivity index (χ3v) is 6.34. The Balaban J connectivity index is 2.11. The average molecular weight is 364 g/mol. The summed E-state index contributed by atoms with van der Waals surface area (Å²) < 4.78 is 25.2. The Morgan fingerprint density at radius 1 is 1.12 bits per heavy atom. The van der Waals surface area contributed by atoms with Crippen LogP contribution in [0.5, 0.6) is 0 Å². The summed E-state index contributed by atoms with van der Waals surface area (Å²) in [6.07, 6.45) is 1.32. The molecule has 0 spiro atoms. The molecule has 2 rings (SSSR count). The van der Waals surface area contributed by atoms with Crippen molar-refractivity contribution < 1.29 is 13.2 Å². The van der Waals surface area contributed by atoms with Crippen LogP contribution in [0.2, 0.25) is 0 Å². The van der Waals surface area contributed by atoms with Crippen LogP contribution in [0.1, 0.15) is 22.8 Å². The van der Waals surface area contributed by atoms with E-state index >= 15 is 0 Å². The number of pyridine rings is 1. The van der Waals surface area contributed by atoms with Crippen LogP contribution in [0.15, 0.2) is 52.5 Å². The van der Waals surface area contributed by atoms with E-state index in [1.807, 2.05) is 38.1 Å². The van der Waals surface area contributed by atoms with Crippen molar-refractivity contribution in [1.82, 2.24) is 9.29 Å². The van der Waals surface area contributed by atoms with Gasteiger partial charge in [0.15, 0.2) is 5.78 Å². The minimum absolute atomic E-state index is 0.0202. The summed E-state index contributed by atoms with van der Waals surface area (Å²) >= 11 is 1.31. The number of aryl methyl sites for hydroxylation is 1. The van der Waals surface area contributed by atoms with Gasteiger partial charge in [0, 0.05) is 25.9 Å². The minimum atomic E-state index is -3.49. The molecular formula is C17H20N2O3S2. The van der Waals surface area contributed by atoms with Gasteiger partial charge in [-0.3, -0.25) is 4.79 Å². The van der Waals surface area contributed by atoms with Crippen molar-refractivity contribution in [3.05, 3.63) is 53.7 Å². The van der Waals surface area contributed by atoms with Crippen molar-refractivity contribution in [2.75, 3.05) is 14.1 Å². The van der Waals surface area contributed by atoms with E-state index < -0.39 is 10.0 Å². The van der Waals surface area contributed by atoms with Crippen molar-refractivity contribution in [3.8, 4) is 0 Å². The molecule has 0 saturated carbocycles. The van der Waals surface area contributed by atoms with Gasteiger partial charge in [-0.2, -0.15) is 0 Å². The summed E-state index contributed by atoms with van der Waals surface area (Å²) in [6, 6.07) is 10.6. The summed E-state index contributed by atoms with van der Waals surface area (Å²) in [5, 5.41) is 0.303. The minimum Gasteiger partial charge on any atom is -0.293 e. The fourth-order valence-electron chi connectivity index (χ4n) is 1.99. The van der Waals surface area contributed by atoms with Crippen LogP contribution < -0.4 is 0 Å². The monoisotopic (exact) mass is 364 g/mol. The first-order valence-electron chi connectivity index (χ1n) is 7.38. The molecule has 128 valence electrons. The molecule has 1 aromatic carbocycles. The van der Waals surface area contributed by atoms with E-state index in [9.17, 15) is 13.2 Å². The van der Waals surface area contributed by atoms with E-state index in [-0.39, 0.29) is 15.9 Å². The molecule has 0 unspecified atom stereocenters. The topological polar surface area (TPSA) is 67.3 Å². The number of carbonyl (C=O) groups excluding carboxylic acids is 1. The number of carbonyl (C=O) groups is 1. The Morgan fingerprint density at radius 3 is 2.25 bits per heavy atom. The number of sulfonamides is 1. The molecule has 0 radical (unpaired) electrons. The van der Waals surface area contributed by atoms with E-state index in [1.165, 1.54) is 38.1 Å². The lowest BCUT2D eigenvalue weighted by atomic mass is 10.1. The van der Waals surface area contributed by atoms with Crippen molar-refractivity contribution in [2.45, 2.75) is 29.0 Å². The van der Waals surface area contributed by atoms with Crippen LogP contribution in [-0.4, -0.2) is 42.8 Å². The number of hydrogen-bond acceptors (Lipinski definition) is 5. The molecule has 0 aliphatic carbocycles. The predicted octanol–water partition coefficient (Wildman–Crippen LogP) is 3.00. The number of rotatable bonds is 6. The second kappa shape index (κ2) is 7.46. The molecule has 1 heterocycles. The number of Topliss-reactive ketones (excluding diaryl/α,β-unsaturated/α-hetero) is 1. The Labute approximate surface area is 147 Å². The van der Waals surface area contributed by atoms with Crippen LogP contribution in [0.4, 0.5) is 0 Å². The lowest BCUT2D eigenvalue weighted by Gasteiger charge is -2.12. The molecule has 0 aliphatic rings. The number of aromatic nitrogens is 1. The first kappa shape index (κ1) is 18.6. The van der Waals surface area contributed by atoms with Gasteiger partial charge >= 0.3 is 0 Å². The summed E-state index contributed by atoms with van der Waals surface area (Å²) in [5.41, 5.74) is 1.76. The Kier molecular flexibility index (Phi) is 5.79. The highest BCUT2D eigenvalue weighted by atomic mass is 32.2. The summed E-state index contributed by atoms with van der Waals surface area (Å²) in [4.78, 5) is 16.7. The number of nitrogens with zero attached hydrogens (tertiary/aromatic N) is 2. The molecule has 0 fully saturated rings. The normalized spacial score (nSPS) is 13.0. The van der Waals surface area contributed by atoms with Crippen molar-refractivity contribution in [2.24, 2.45) is 0 Å². The zero-order valence-electron chi connectivity index (χ0n) is 14.1. The fourth-order valence-corrected chi connectivity index (χ4v) is 3.70. The lowest BCUT2D eigenvalue weighted by Crippen LogP contribution is -2.22. The van der Waals surface area contributed by atoms with E-state index in [0.29, 0.717) is 10.6 Å². The predicted molar refractivity (Wildman–Crippen MR) is 95.9 cm³/mol. The summed E-state index contributed by atoms with van der Waals surface area (Å²) in [7, 11) is -0.546. The van der Waals surface area contributed by atoms with Crippen LogP contribution in [0.25, 0.3) is 0 Å². The number of ketones is 1. The van der Waals surface area contributed by atoms with E-state index in [0.717, 1.165) is 9.87 Å². The largest absolute Gasteiger partial charge is 0.293 e. The number of hydrogen-bond donors (Lipinski definition) is 0. The average Bonchev–Trinajstić information content (AvgIpc) is 2.55. The highest BCUT2D eigenvalue weighted by molar-refractivity contribution is 8.00. The zero-order valence-corrected chi connectivity index (χ0v) is 15.7. The standard InChI is InChI=1S/C17H20N2O3S2/c1-12-5-7-14(8-6-12)17(20)13(2)23-16-10-9-15(11-18-16)24(21,22)19(3)4/h5-11,13H,1-4H3/t13-/m1/s1. The van der Waals surface area contributed by atoms with Gasteiger partial charge in [-0.25, -0.2) is 17.7 Å². The maximum atomic E-state index is 12.4. The number of benzene rings is 1. The van der Waals surface area contributed by atoms with Gasteiger partial charge in [-0.15, -0.1) is 0 Å². The highest BCUT2D eigenvalue weighted by Gasteiger charge is 2.20. The first-order chi connectivity index (χ1) is 11.2. The highest BCUT2D eigenvalue weighted by Crippen LogP contribution is 2.25. The van der Waals surface area contributed by atoms with Gasteiger partial charge in [0.05, 0.1) is 10.3 Å². The van der Waals surface area contributed by atoms with Gasteiger partial charge in [0.25, 0.3) is 0 Å². The Hall–Kier alpha value is -1.70. The fraction of sp³-hybridized carbons (Fsp3) is 0.294. The van der Waals surface area contributed by atoms with Crippen LogP contribution in [-0.2, 0) is 10.0 Å². The SMILES string of the molecule is Cc1ccc(C(=O)[C@@H](C)Sc2ccc(S(=O)(=O)N(C)C)cn2)cc1. The Bertz CT molecular complexity index is 814. The number of thioether (sulfide) groups is 1. The van der Waals surface area contributed by atoms with Crippen LogP contribution in [0.3, 0.4) is 0 Å². The molecule has 24 heavy (non-hydrogen) atoms. The van der Waals surface area contributed by atoms with Crippen LogP contribution in [0, 0.1) is 6.92 Å². The van der Waals surface area contributed by atoms with Crippen LogP contribution >= 0.6 is 11.8 Å². The van der Waals surface area contributed by atoms with Crippen molar-refractivity contribution >= 4 is 27.6 Å². The van der Waals surface area contributed by atoms with Gasteiger partial charge < -0.3 is 0 Å². The van der Waals surface area contributed by atoms with Gasteiger partial charge in [0.2, 0.25) is 10.0 Å². The molecule has 0 bridgehead atoms. The van der Waals surface area contributed by atoms with E-state index in [1.54, 1.807) is 6.07 Å². The quantitative estimate of drug-likeness (QED) is 0.582. The zero-order chi connectivity index (χ0) is 17.9. The molecule has 0 aliphatic heterocycles. The molecule has 2 aromatic rings. The lowest BCUT2D eigenvalue weighted by molar-refractivity contribution is 0.0994. The molecule has 1 aromatic heterocycles. The Morgan fingerprint density at radius 2 is 1.75 bits per heavy atom. The first-order valence-corrected chi connectivity index (χ1v) is 9.70. The molecule has 0 amide bonds.